The van der Waals surface area contributed by atoms with Crippen molar-refractivity contribution >= 4 is 23.4 Å². The summed E-state index contributed by atoms with van der Waals surface area (Å²) in [6, 6.07) is 18.1. The second kappa shape index (κ2) is 8.34. The predicted molar refractivity (Wildman–Crippen MR) is 120 cm³/mol. The first kappa shape index (κ1) is 21.4. The third kappa shape index (κ3) is 4.42. The van der Waals surface area contributed by atoms with E-state index in [0.717, 1.165) is 16.8 Å². The summed E-state index contributed by atoms with van der Waals surface area (Å²) in [6.07, 6.45) is -0.656. The van der Waals surface area contributed by atoms with E-state index in [-0.39, 0.29) is 28.7 Å². The summed E-state index contributed by atoms with van der Waals surface area (Å²) in [7, 11) is 0. The number of ether oxygens (including phenoxy) is 1. The molecule has 1 aliphatic rings. The van der Waals surface area contributed by atoms with E-state index in [2.05, 4.69) is 24.5 Å². The van der Waals surface area contributed by atoms with Gasteiger partial charge in [0.05, 0.1) is 6.04 Å². The van der Waals surface area contributed by atoms with Gasteiger partial charge >= 0.3 is 6.16 Å². The molecule has 0 fully saturated rings. The largest absolute Gasteiger partial charge is 0.511 e. The lowest BCUT2D eigenvalue weighted by atomic mass is 9.74. The quantitative estimate of drug-likeness (QED) is 0.348. The molecule has 0 saturated heterocycles. The van der Waals surface area contributed by atoms with Crippen LogP contribution in [0.3, 0.4) is 0 Å². The summed E-state index contributed by atoms with van der Waals surface area (Å²) in [5.41, 5.74) is 3.33. The molecule has 0 bridgehead atoms. The molecule has 0 radical (unpaired) electrons. The fourth-order valence-electron chi connectivity index (χ4n) is 4.16. The fourth-order valence-corrected chi connectivity index (χ4v) is 4.16. The Hall–Kier alpha value is -3.87. The number of para-hydroxylation sites is 1. The lowest BCUT2D eigenvalue weighted by Gasteiger charge is -2.39. The van der Waals surface area contributed by atoms with Gasteiger partial charge in [-0.15, -0.1) is 0 Å². The molecule has 3 aromatic carbocycles. The summed E-state index contributed by atoms with van der Waals surface area (Å²) in [5.74, 6) is -0.584. The lowest BCUT2D eigenvalue weighted by molar-refractivity contribution is 0.102. The van der Waals surface area contributed by atoms with Crippen molar-refractivity contribution in [1.82, 2.24) is 0 Å². The molecule has 6 nitrogen and oxygen atoms in total. The molecule has 32 heavy (non-hydrogen) atoms. The van der Waals surface area contributed by atoms with Crippen LogP contribution in [0.15, 0.2) is 66.7 Å². The van der Waals surface area contributed by atoms with Crippen molar-refractivity contribution in [3.63, 3.8) is 0 Å². The van der Waals surface area contributed by atoms with Gasteiger partial charge in [0.15, 0.2) is 0 Å². The summed E-state index contributed by atoms with van der Waals surface area (Å²) in [6.45, 7) is 4.16. The summed E-state index contributed by atoms with van der Waals surface area (Å²) < 4.78 is 18.3. The van der Waals surface area contributed by atoms with Crippen molar-refractivity contribution in [2.45, 2.75) is 31.7 Å². The van der Waals surface area contributed by atoms with E-state index in [1.807, 2.05) is 24.3 Å². The predicted octanol–water partition coefficient (Wildman–Crippen LogP) is 5.97. The van der Waals surface area contributed by atoms with Gasteiger partial charge in [0.2, 0.25) is 0 Å². The fraction of sp³-hybridized carbons (Fsp3) is 0.200. The average Bonchev–Trinajstić information content (AvgIpc) is 2.73. The third-order valence-corrected chi connectivity index (χ3v) is 5.64. The molecular formula is C25H23FN2O4. The Balaban J connectivity index is 1.63. The van der Waals surface area contributed by atoms with Gasteiger partial charge in [-0.05, 0) is 65.4 Å². The highest BCUT2D eigenvalue weighted by atomic mass is 19.1. The maximum Gasteiger partial charge on any atom is 0.511 e. The van der Waals surface area contributed by atoms with Crippen LogP contribution >= 0.6 is 0 Å². The Morgan fingerprint density at radius 3 is 2.62 bits per heavy atom. The number of carbonyl (C=O) groups excluding carboxylic acids is 1. The Bertz CT molecular complexity index is 1190. The first-order valence-corrected chi connectivity index (χ1v) is 10.2. The molecule has 1 atom stereocenters. The smallest absolute Gasteiger partial charge is 0.449 e. The molecule has 1 heterocycles. The van der Waals surface area contributed by atoms with E-state index in [4.69, 9.17) is 9.84 Å². The first-order valence-electron chi connectivity index (χ1n) is 10.2. The number of benzene rings is 3. The van der Waals surface area contributed by atoms with Crippen LogP contribution in [0.2, 0.25) is 0 Å². The average molecular weight is 434 g/mol. The molecule has 0 aromatic heterocycles. The van der Waals surface area contributed by atoms with Gasteiger partial charge in [0.1, 0.15) is 11.6 Å². The maximum atomic E-state index is 13.5. The summed E-state index contributed by atoms with van der Waals surface area (Å²) in [5, 5.41) is 15.3. The molecule has 7 heteroatoms. The Labute approximate surface area is 185 Å². The minimum Gasteiger partial charge on any atom is -0.449 e. The van der Waals surface area contributed by atoms with Gasteiger partial charge in [0.25, 0.3) is 5.91 Å². The lowest BCUT2D eigenvalue weighted by Crippen LogP contribution is -2.31. The molecule has 164 valence electrons. The van der Waals surface area contributed by atoms with Crippen molar-refractivity contribution in [3.05, 3.63) is 89.2 Å². The van der Waals surface area contributed by atoms with Crippen LogP contribution in [0, 0.1) is 5.82 Å². The van der Waals surface area contributed by atoms with Crippen LogP contribution < -0.4 is 15.4 Å². The van der Waals surface area contributed by atoms with Gasteiger partial charge in [-0.2, -0.15) is 0 Å². The Kier molecular flexibility index (Phi) is 5.57. The van der Waals surface area contributed by atoms with Crippen molar-refractivity contribution in [3.8, 4) is 5.75 Å². The normalized spacial score (nSPS) is 16.4. The number of anilines is 2. The van der Waals surface area contributed by atoms with Crippen molar-refractivity contribution < 1.29 is 23.8 Å². The van der Waals surface area contributed by atoms with E-state index < -0.39 is 12.0 Å². The molecule has 3 N–H and O–H groups in total. The number of nitrogens with one attached hydrogen (secondary N) is 2. The molecule has 1 aliphatic heterocycles. The zero-order valence-corrected chi connectivity index (χ0v) is 17.7. The minimum absolute atomic E-state index is 0.104. The topological polar surface area (TPSA) is 87.7 Å². The van der Waals surface area contributed by atoms with Gasteiger partial charge in [-0.3, -0.25) is 4.79 Å². The van der Waals surface area contributed by atoms with Crippen molar-refractivity contribution in [2.24, 2.45) is 0 Å². The minimum atomic E-state index is -1.35. The molecule has 1 unspecified atom stereocenters. The molecule has 0 saturated carbocycles. The monoisotopic (exact) mass is 434 g/mol. The highest BCUT2D eigenvalue weighted by Gasteiger charge is 2.35. The highest BCUT2D eigenvalue weighted by Crippen LogP contribution is 2.46. The second-order valence-corrected chi connectivity index (χ2v) is 8.41. The zero-order chi connectivity index (χ0) is 22.9. The number of hydrogen-bond acceptors (Lipinski definition) is 4. The molecule has 0 spiro atoms. The first-order chi connectivity index (χ1) is 15.2. The van der Waals surface area contributed by atoms with E-state index in [0.29, 0.717) is 12.1 Å². The number of carbonyl (C=O) groups is 2. The van der Waals surface area contributed by atoms with Crippen molar-refractivity contribution in [1.29, 1.82) is 0 Å². The molecule has 0 aliphatic carbocycles. The van der Waals surface area contributed by atoms with Crippen LogP contribution in [0.25, 0.3) is 0 Å². The summed E-state index contributed by atoms with van der Waals surface area (Å²) >= 11 is 0. The number of halogens is 1. The number of carboxylic acid groups (broad SMARTS) is 1. The number of amides is 1. The standard InChI is InChI=1S/C25H23FN2O4/c1-25(2)14-22(27-21-11-10-17(13-19(21)25)32-24(30)31)18-8-3-4-9-20(18)28-23(29)15-6-5-7-16(26)12-15/h3-13,22,27H,14H2,1-2H3,(H,28,29)(H,30,31). The highest BCUT2D eigenvalue weighted by molar-refractivity contribution is 6.04. The Morgan fingerprint density at radius 1 is 1.09 bits per heavy atom. The van der Waals surface area contributed by atoms with Crippen LogP contribution in [0.1, 0.15) is 47.8 Å². The van der Waals surface area contributed by atoms with Crippen LogP contribution in [0.4, 0.5) is 20.6 Å². The molecular weight excluding hydrogens is 411 g/mol. The molecule has 4 rings (SSSR count). The zero-order valence-electron chi connectivity index (χ0n) is 17.7. The van der Waals surface area contributed by atoms with E-state index in [9.17, 15) is 14.0 Å². The maximum absolute atomic E-state index is 13.5. The Morgan fingerprint density at radius 2 is 1.88 bits per heavy atom. The van der Waals surface area contributed by atoms with Gasteiger partial charge in [-0.25, -0.2) is 9.18 Å². The number of fused-ring (bicyclic) bond motifs is 1. The molecule has 1 amide bonds. The van der Waals surface area contributed by atoms with Gasteiger partial charge in [-0.1, -0.05) is 38.1 Å². The molecule has 3 aromatic rings. The second-order valence-electron chi connectivity index (χ2n) is 8.41. The van der Waals surface area contributed by atoms with E-state index in [1.54, 1.807) is 24.3 Å². The van der Waals surface area contributed by atoms with Crippen LogP contribution in [-0.4, -0.2) is 17.2 Å². The summed E-state index contributed by atoms with van der Waals surface area (Å²) in [4.78, 5) is 23.6. The van der Waals surface area contributed by atoms with Gasteiger partial charge in [0, 0.05) is 16.9 Å². The van der Waals surface area contributed by atoms with Crippen LogP contribution in [-0.2, 0) is 5.41 Å². The van der Waals surface area contributed by atoms with E-state index in [1.165, 1.54) is 18.2 Å². The van der Waals surface area contributed by atoms with E-state index >= 15 is 0 Å². The SMILES string of the molecule is CC1(C)CC(c2ccccc2NC(=O)c2cccc(F)c2)Nc2ccc(OC(=O)O)cc21. The van der Waals surface area contributed by atoms with Gasteiger partial charge < -0.3 is 20.5 Å². The van der Waals surface area contributed by atoms with Crippen molar-refractivity contribution in [2.75, 3.05) is 10.6 Å². The van der Waals surface area contributed by atoms with Crippen LogP contribution in [0.5, 0.6) is 5.75 Å². The third-order valence-electron chi connectivity index (χ3n) is 5.64. The number of rotatable bonds is 4. The number of hydrogen-bond donors (Lipinski definition) is 3.